The topological polar surface area (TPSA) is 75.7 Å². The highest BCUT2D eigenvalue weighted by Gasteiger charge is 2.39. The normalized spacial score (nSPS) is 13.2. The minimum atomic E-state index is -0.680. The summed E-state index contributed by atoms with van der Waals surface area (Å²) in [5, 5.41) is 2.85. The first-order valence-corrected chi connectivity index (χ1v) is 12.0. The number of nitrogens with zero attached hydrogens (tertiary/aromatic N) is 1. The lowest BCUT2D eigenvalue weighted by Gasteiger charge is -2.16. The first-order chi connectivity index (χ1) is 17.9. The third kappa shape index (κ3) is 4.98. The van der Waals surface area contributed by atoms with Crippen LogP contribution in [0.15, 0.2) is 114 Å². The molecule has 0 bridgehead atoms. The van der Waals surface area contributed by atoms with Crippen molar-refractivity contribution < 1.29 is 19.1 Å². The Hall–Kier alpha value is -4.39. The van der Waals surface area contributed by atoms with Gasteiger partial charge in [0.2, 0.25) is 0 Å². The Morgan fingerprint density at radius 3 is 2.00 bits per heavy atom. The summed E-state index contributed by atoms with van der Waals surface area (Å²) in [6, 6.07) is 29.9. The SMILES string of the molecule is O=C(Oc1ccc(-c2ccccc2)cc1)c1ccc(NC2=C(Cl)C(=O)N(c3ccccc3Cl)C2=O)cc1. The lowest BCUT2D eigenvalue weighted by Crippen LogP contribution is -2.32. The molecule has 0 aliphatic carbocycles. The first kappa shape index (κ1) is 24.3. The molecule has 1 N–H and O–H groups in total. The van der Waals surface area contributed by atoms with E-state index >= 15 is 0 Å². The molecule has 1 heterocycles. The number of anilines is 2. The molecule has 0 fully saturated rings. The van der Waals surface area contributed by atoms with Gasteiger partial charge in [0.25, 0.3) is 11.8 Å². The summed E-state index contributed by atoms with van der Waals surface area (Å²) in [6.45, 7) is 0. The molecule has 0 unspecified atom stereocenters. The van der Waals surface area contributed by atoms with Crippen LogP contribution >= 0.6 is 23.2 Å². The quantitative estimate of drug-likeness (QED) is 0.172. The zero-order valence-corrected chi connectivity index (χ0v) is 20.7. The highest BCUT2D eigenvalue weighted by Crippen LogP contribution is 2.34. The van der Waals surface area contributed by atoms with Crippen LogP contribution in [0.3, 0.4) is 0 Å². The first-order valence-electron chi connectivity index (χ1n) is 11.2. The van der Waals surface area contributed by atoms with E-state index in [4.69, 9.17) is 27.9 Å². The number of para-hydroxylation sites is 1. The number of benzene rings is 4. The molecular weight excluding hydrogens is 511 g/mol. The van der Waals surface area contributed by atoms with E-state index in [0.717, 1.165) is 16.0 Å². The van der Waals surface area contributed by atoms with Gasteiger partial charge in [0.05, 0.1) is 16.3 Å². The number of ether oxygens (including phenoxy) is 1. The molecule has 6 nitrogen and oxygen atoms in total. The summed E-state index contributed by atoms with van der Waals surface area (Å²) in [6.07, 6.45) is 0. The van der Waals surface area contributed by atoms with Crippen LogP contribution in [0.25, 0.3) is 11.1 Å². The molecule has 0 atom stereocenters. The predicted molar refractivity (Wildman–Crippen MR) is 144 cm³/mol. The van der Waals surface area contributed by atoms with Crippen LogP contribution in [-0.2, 0) is 9.59 Å². The zero-order chi connectivity index (χ0) is 25.9. The Bertz CT molecular complexity index is 1530. The van der Waals surface area contributed by atoms with Gasteiger partial charge in [0.15, 0.2) is 0 Å². The van der Waals surface area contributed by atoms with Gasteiger partial charge in [-0.15, -0.1) is 0 Å². The van der Waals surface area contributed by atoms with E-state index in [-0.39, 0.29) is 21.4 Å². The van der Waals surface area contributed by atoms with Crippen molar-refractivity contribution in [2.75, 3.05) is 10.2 Å². The molecule has 5 rings (SSSR count). The zero-order valence-electron chi connectivity index (χ0n) is 19.2. The lowest BCUT2D eigenvalue weighted by molar-refractivity contribution is -0.120. The third-order valence-corrected chi connectivity index (χ3v) is 6.35. The van der Waals surface area contributed by atoms with E-state index in [1.807, 2.05) is 42.5 Å². The predicted octanol–water partition coefficient (Wildman–Crippen LogP) is 6.66. The van der Waals surface area contributed by atoms with Gasteiger partial charge in [-0.25, -0.2) is 9.69 Å². The van der Waals surface area contributed by atoms with E-state index in [1.165, 1.54) is 0 Å². The van der Waals surface area contributed by atoms with Crippen molar-refractivity contribution in [3.05, 3.63) is 124 Å². The number of nitrogens with one attached hydrogen (secondary N) is 1. The number of amides is 2. The molecular formula is C29H18Cl2N2O4. The fourth-order valence-electron chi connectivity index (χ4n) is 3.81. The van der Waals surface area contributed by atoms with Crippen LogP contribution in [0.5, 0.6) is 5.75 Å². The van der Waals surface area contributed by atoms with Crippen LogP contribution < -0.4 is 15.0 Å². The number of hydrogen-bond acceptors (Lipinski definition) is 5. The van der Waals surface area contributed by atoms with Crippen molar-refractivity contribution in [2.24, 2.45) is 0 Å². The number of imide groups is 1. The second-order valence-corrected chi connectivity index (χ2v) is 8.85. The van der Waals surface area contributed by atoms with Gasteiger partial charge in [-0.1, -0.05) is 77.8 Å². The molecule has 1 aliphatic rings. The minimum absolute atomic E-state index is 0.0829. The van der Waals surface area contributed by atoms with Crippen LogP contribution in [0.2, 0.25) is 5.02 Å². The molecule has 0 saturated carbocycles. The van der Waals surface area contributed by atoms with E-state index in [9.17, 15) is 14.4 Å². The molecule has 1 aliphatic heterocycles. The number of rotatable bonds is 6. The van der Waals surface area contributed by atoms with E-state index in [0.29, 0.717) is 17.0 Å². The molecule has 0 saturated heterocycles. The number of carbonyl (C=O) groups excluding carboxylic acids is 3. The maximum atomic E-state index is 12.9. The van der Waals surface area contributed by atoms with Crippen LogP contribution in [0.1, 0.15) is 10.4 Å². The second kappa shape index (κ2) is 10.3. The van der Waals surface area contributed by atoms with E-state index in [2.05, 4.69) is 5.32 Å². The Morgan fingerprint density at radius 1 is 0.703 bits per heavy atom. The molecule has 8 heteroatoms. The van der Waals surface area contributed by atoms with Crippen LogP contribution in [0, 0.1) is 0 Å². The van der Waals surface area contributed by atoms with Crippen molar-refractivity contribution in [3.63, 3.8) is 0 Å². The molecule has 182 valence electrons. The van der Waals surface area contributed by atoms with Gasteiger partial charge in [-0.05, 0) is 59.7 Å². The van der Waals surface area contributed by atoms with Crippen molar-refractivity contribution in [1.82, 2.24) is 0 Å². The molecule has 0 spiro atoms. The van der Waals surface area contributed by atoms with Crippen molar-refractivity contribution >= 4 is 52.4 Å². The maximum Gasteiger partial charge on any atom is 0.343 e. The minimum Gasteiger partial charge on any atom is -0.423 e. The Balaban J connectivity index is 1.26. The van der Waals surface area contributed by atoms with Crippen LogP contribution in [-0.4, -0.2) is 17.8 Å². The van der Waals surface area contributed by atoms with Crippen molar-refractivity contribution in [1.29, 1.82) is 0 Å². The third-order valence-electron chi connectivity index (χ3n) is 5.68. The van der Waals surface area contributed by atoms with Gasteiger partial charge in [-0.2, -0.15) is 0 Å². The summed E-state index contributed by atoms with van der Waals surface area (Å²) in [4.78, 5) is 39.1. The summed E-state index contributed by atoms with van der Waals surface area (Å²) >= 11 is 12.3. The fraction of sp³-hybridized carbons (Fsp3) is 0. The van der Waals surface area contributed by atoms with E-state index in [1.54, 1.807) is 60.7 Å². The fourth-order valence-corrected chi connectivity index (χ4v) is 4.24. The standard InChI is InChI=1S/C29H18Cl2N2O4/c30-23-8-4-5-9-24(23)33-27(34)25(31)26(28(33)35)32-21-14-10-20(11-15-21)29(36)37-22-16-12-19(13-17-22)18-6-2-1-3-7-18/h1-17,32H. The van der Waals surface area contributed by atoms with Gasteiger partial charge < -0.3 is 10.1 Å². The molecule has 0 radical (unpaired) electrons. The summed E-state index contributed by atoms with van der Waals surface area (Å²) < 4.78 is 5.48. The number of esters is 1. The second-order valence-electron chi connectivity index (χ2n) is 8.07. The number of halogens is 2. The highest BCUT2D eigenvalue weighted by atomic mass is 35.5. The van der Waals surface area contributed by atoms with Crippen LogP contribution in [0.4, 0.5) is 11.4 Å². The average molecular weight is 529 g/mol. The van der Waals surface area contributed by atoms with Gasteiger partial charge in [0, 0.05) is 5.69 Å². The Morgan fingerprint density at radius 2 is 1.32 bits per heavy atom. The summed E-state index contributed by atoms with van der Waals surface area (Å²) in [7, 11) is 0. The molecule has 2 amide bonds. The molecule has 0 aromatic heterocycles. The Labute approximate surface area is 222 Å². The van der Waals surface area contributed by atoms with Crippen molar-refractivity contribution in [2.45, 2.75) is 0 Å². The van der Waals surface area contributed by atoms with Crippen molar-refractivity contribution in [3.8, 4) is 16.9 Å². The average Bonchev–Trinajstić information content (AvgIpc) is 3.13. The molecule has 4 aromatic rings. The Kier molecular flexibility index (Phi) is 6.77. The summed E-state index contributed by atoms with van der Waals surface area (Å²) in [5.41, 5.74) is 3.00. The number of carbonyl (C=O) groups is 3. The largest absolute Gasteiger partial charge is 0.423 e. The molecule has 37 heavy (non-hydrogen) atoms. The van der Waals surface area contributed by atoms with Gasteiger partial charge in [0.1, 0.15) is 16.5 Å². The molecule has 4 aromatic carbocycles. The monoisotopic (exact) mass is 528 g/mol. The summed E-state index contributed by atoms with van der Waals surface area (Å²) in [5.74, 6) is -1.43. The van der Waals surface area contributed by atoms with Gasteiger partial charge >= 0.3 is 5.97 Å². The van der Waals surface area contributed by atoms with Gasteiger partial charge in [-0.3, -0.25) is 9.59 Å². The van der Waals surface area contributed by atoms with E-state index < -0.39 is 17.8 Å². The number of hydrogen-bond donors (Lipinski definition) is 1. The maximum absolute atomic E-state index is 12.9. The smallest absolute Gasteiger partial charge is 0.343 e. The highest BCUT2D eigenvalue weighted by molar-refractivity contribution is 6.53. The lowest BCUT2D eigenvalue weighted by atomic mass is 10.1.